The lowest BCUT2D eigenvalue weighted by molar-refractivity contribution is 0.100. The minimum atomic E-state index is -0.690. The molecule has 0 aliphatic heterocycles. The Balaban J connectivity index is 2.32. The van der Waals surface area contributed by atoms with E-state index >= 15 is 0 Å². The Kier molecular flexibility index (Phi) is 4.14. The Morgan fingerprint density at radius 1 is 1.45 bits per heavy atom. The molecular weight excluding hydrogens is 283 g/mol. The molecule has 1 unspecified atom stereocenters. The lowest BCUT2D eigenvalue weighted by Gasteiger charge is -2.17. The molecule has 1 heterocycles. The van der Waals surface area contributed by atoms with E-state index in [1.165, 1.54) is 12.3 Å². The maximum absolute atomic E-state index is 13.7. The largest absolute Gasteiger partial charge is 0.365 e. The molecule has 5 nitrogen and oxygen atoms in total. The van der Waals surface area contributed by atoms with Crippen molar-refractivity contribution in [1.82, 2.24) is 9.97 Å². The zero-order valence-electron chi connectivity index (χ0n) is 10.6. The van der Waals surface area contributed by atoms with E-state index in [0.717, 1.165) is 0 Å². The molecule has 1 aromatic heterocycles. The third-order valence-corrected chi connectivity index (χ3v) is 2.93. The second-order valence-electron chi connectivity index (χ2n) is 4.15. The monoisotopic (exact) mass is 294 g/mol. The number of hydrogen-bond acceptors (Lipinski definition) is 4. The first kappa shape index (κ1) is 14.2. The minimum Gasteiger partial charge on any atom is -0.365 e. The molecule has 20 heavy (non-hydrogen) atoms. The number of nitrogens with one attached hydrogen (secondary N) is 1. The van der Waals surface area contributed by atoms with Crippen LogP contribution in [0.4, 0.5) is 10.2 Å². The molecule has 0 radical (unpaired) electrons. The van der Waals surface area contributed by atoms with Crippen LogP contribution in [0.25, 0.3) is 0 Å². The highest BCUT2D eigenvalue weighted by Crippen LogP contribution is 2.23. The molecule has 2 rings (SSSR count). The van der Waals surface area contributed by atoms with E-state index in [-0.39, 0.29) is 22.5 Å². The van der Waals surface area contributed by atoms with Crippen LogP contribution in [0, 0.1) is 5.82 Å². The molecule has 0 saturated heterocycles. The molecule has 0 saturated carbocycles. The Hall–Kier alpha value is -2.21. The van der Waals surface area contributed by atoms with Gasteiger partial charge in [-0.25, -0.2) is 9.37 Å². The van der Waals surface area contributed by atoms with Gasteiger partial charge < -0.3 is 11.1 Å². The van der Waals surface area contributed by atoms with Crippen LogP contribution in [-0.4, -0.2) is 15.9 Å². The summed E-state index contributed by atoms with van der Waals surface area (Å²) in [6.07, 6.45) is 1.23. The maximum Gasteiger partial charge on any atom is 0.254 e. The van der Waals surface area contributed by atoms with Gasteiger partial charge in [-0.15, -0.1) is 0 Å². The first-order chi connectivity index (χ1) is 9.49. The highest BCUT2D eigenvalue weighted by molar-refractivity contribution is 6.28. The van der Waals surface area contributed by atoms with Crippen LogP contribution in [0.15, 0.2) is 30.5 Å². The van der Waals surface area contributed by atoms with E-state index in [2.05, 4.69) is 15.3 Å². The van der Waals surface area contributed by atoms with Crippen molar-refractivity contribution >= 4 is 23.3 Å². The zero-order valence-corrected chi connectivity index (χ0v) is 11.4. The van der Waals surface area contributed by atoms with Gasteiger partial charge in [-0.3, -0.25) is 4.79 Å². The molecule has 0 aliphatic carbocycles. The minimum absolute atomic E-state index is 0.0294. The van der Waals surface area contributed by atoms with Crippen LogP contribution in [0.3, 0.4) is 0 Å². The van der Waals surface area contributed by atoms with Gasteiger partial charge in [0.1, 0.15) is 11.6 Å². The fourth-order valence-corrected chi connectivity index (χ4v) is 1.89. The second-order valence-corrected chi connectivity index (χ2v) is 4.49. The summed E-state index contributed by atoms with van der Waals surface area (Å²) in [6.45, 7) is 1.74. The summed E-state index contributed by atoms with van der Waals surface area (Å²) in [7, 11) is 0. The van der Waals surface area contributed by atoms with Crippen LogP contribution in [-0.2, 0) is 0 Å². The Bertz CT molecular complexity index is 650. The summed E-state index contributed by atoms with van der Waals surface area (Å²) in [5.41, 5.74) is 5.77. The summed E-state index contributed by atoms with van der Waals surface area (Å²) in [5, 5.41) is 2.88. The van der Waals surface area contributed by atoms with E-state index in [1.807, 2.05) is 0 Å². The molecular formula is C13H12ClFN4O. The number of aromatic nitrogens is 2. The maximum atomic E-state index is 13.7. The Morgan fingerprint density at radius 3 is 2.80 bits per heavy atom. The number of nitrogens with two attached hydrogens (primary N) is 1. The smallest absolute Gasteiger partial charge is 0.254 e. The second kappa shape index (κ2) is 5.83. The number of rotatable bonds is 4. The molecule has 7 heteroatoms. The van der Waals surface area contributed by atoms with E-state index in [9.17, 15) is 9.18 Å². The normalized spacial score (nSPS) is 11.9. The summed E-state index contributed by atoms with van der Waals surface area (Å²) < 4.78 is 13.7. The number of anilines is 1. The average Bonchev–Trinajstić information content (AvgIpc) is 2.38. The topological polar surface area (TPSA) is 80.9 Å². The molecule has 0 fully saturated rings. The number of nitrogens with zero attached hydrogens (tertiary/aromatic N) is 2. The fourth-order valence-electron chi connectivity index (χ4n) is 1.76. The van der Waals surface area contributed by atoms with Crippen molar-refractivity contribution in [3.63, 3.8) is 0 Å². The highest BCUT2D eigenvalue weighted by Gasteiger charge is 2.16. The van der Waals surface area contributed by atoms with Gasteiger partial charge in [0.05, 0.1) is 11.6 Å². The summed E-state index contributed by atoms with van der Waals surface area (Å²) in [6, 6.07) is 5.90. The fraction of sp³-hybridized carbons (Fsp3) is 0.154. The standard InChI is InChI=1S/C13H12ClFN4O/c1-7(8-4-2-3-5-10(8)15)18-12-9(11(16)20)6-17-13(14)19-12/h2-7H,1H3,(H2,16,20)(H,17,18,19). The van der Waals surface area contributed by atoms with Crippen molar-refractivity contribution in [2.75, 3.05) is 5.32 Å². The predicted molar refractivity (Wildman–Crippen MR) is 74.0 cm³/mol. The molecule has 0 bridgehead atoms. The average molecular weight is 295 g/mol. The lowest BCUT2D eigenvalue weighted by atomic mass is 10.1. The number of carbonyl (C=O) groups is 1. The molecule has 0 spiro atoms. The third-order valence-electron chi connectivity index (χ3n) is 2.75. The molecule has 0 aliphatic rings. The first-order valence-electron chi connectivity index (χ1n) is 5.82. The van der Waals surface area contributed by atoms with E-state index in [4.69, 9.17) is 17.3 Å². The quantitative estimate of drug-likeness (QED) is 0.849. The number of carbonyl (C=O) groups excluding carboxylic acids is 1. The molecule has 104 valence electrons. The van der Waals surface area contributed by atoms with Crippen molar-refractivity contribution in [3.05, 3.63) is 52.7 Å². The van der Waals surface area contributed by atoms with Gasteiger partial charge in [0, 0.05) is 11.8 Å². The summed E-state index contributed by atoms with van der Waals surface area (Å²) in [5.74, 6) is -0.869. The number of benzene rings is 1. The van der Waals surface area contributed by atoms with Crippen molar-refractivity contribution in [2.24, 2.45) is 5.73 Å². The number of hydrogen-bond donors (Lipinski definition) is 2. The zero-order chi connectivity index (χ0) is 14.7. The summed E-state index contributed by atoms with van der Waals surface area (Å²) in [4.78, 5) is 18.9. The van der Waals surface area contributed by atoms with Gasteiger partial charge in [-0.1, -0.05) is 18.2 Å². The molecule has 1 atom stereocenters. The van der Waals surface area contributed by atoms with Gasteiger partial charge in [0.15, 0.2) is 0 Å². The summed E-state index contributed by atoms with van der Waals surface area (Å²) >= 11 is 5.69. The van der Waals surface area contributed by atoms with Gasteiger partial charge in [-0.2, -0.15) is 4.98 Å². The molecule has 3 N–H and O–H groups in total. The van der Waals surface area contributed by atoms with Crippen LogP contribution in [0.1, 0.15) is 28.9 Å². The van der Waals surface area contributed by atoms with Crippen LogP contribution >= 0.6 is 11.6 Å². The first-order valence-corrected chi connectivity index (χ1v) is 6.20. The Morgan fingerprint density at radius 2 is 2.15 bits per heavy atom. The van der Waals surface area contributed by atoms with Crippen LogP contribution in [0.2, 0.25) is 5.28 Å². The van der Waals surface area contributed by atoms with E-state index in [0.29, 0.717) is 5.56 Å². The molecule has 1 aromatic carbocycles. The SMILES string of the molecule is CC(Nc1nc(Cl)ncc1C(N)=O)c1ccccc1F. The third kappa shape index (κ3) is 3.03. The number of primary amides is 1. The molecule has 2 aromatic rings. The van der Waals surface area contributed by atoms with Gasteiger partial charge >= 0.3 is 0 Å². The lowest BCUT2D eigenvalue weighted by Crippen LogP contribution is -2.18. The van der Waals surface area contributed by atoms with Crippen molar-refractivity contribution < 1.29 is 9.18 Å². The van der Waals surface area contributed by atoms with Crippen LogP contribution < -0.4 is 11.1 Å². The van der Waals surface area contributed by atoms with Gasteiger partial charge in [0.25, 0.3) is 5.91 Å². The number of halogens is 2. The number of amides is 1. The molecule has 1 amide bonds. The van der Waals surface area contributed by atoms with Crippen molar-refractivity contribution in [3.8, 4) is 0 Å². The van der Waals surface area contributed by atoms with Crippen molar-refractivity contribution in [2.45, 2.75) is 13.0 Å². The predicted octanol–water partition coefficient (Wildman–Crippen LogP) is 2.54. The van der Waals surface area contributed by atoms with E-state index in [1.54, 1.807) is 25.1 Å². The Labute approximate surface area is 120 Å². The van der Waals surface area contributed by atoms with Gasteiger partial charge in [0.2, 0.25) is 5.28 Å². The van der Waals surface area contributed by atoms with Crippen LogP contribution in [0.5, 0.6) is 0 Å². The van der Waals surface area contributed by atoms with E-state index < -0.39 is 11.9 Å². The van der Waals surface area contributed by atoms with Gasteiger partial charge in [-0.05, 0) is 24.6 Å². The highest BCUT2D eigenvalue weighted by atomic mass is 35.5. The van der Waals surface area contributed by atoms with Crippen molar-refractivity contribution in [1.29, 1.82) is 0 Å².